The summed E-state index contributed by atoms with van der Waals surface area (Å²) < 4.78 is 7.28. The van der Waals surface area contributed by atoms with E-state index in [9.17, 15) is 9.90 Å². The fourth-order valence-electron chi connectivity index (χ4n) is 4.72. The lowest BCUT2D eigenvalue weighted by atomic mass is 9.77. The first-order valence-electron chi connectivity index (χ1n) is 9.88. The number of fused-ring (bicyclic) bond motifs is 1. The summed E-state index contributed by atoms with van der Waals surface area (Å²) in [6.07, 6.45) is 5.12. The van der Waals surface area contributed by atoms with Crippen molar-refractivity contribution < 1.29 is 14.6 Å². The number of aromatic nitrogens is 2. The number of nitrogens with one attached hydrogen (secondary N) is 1. The lowest BCUT2D eigenvalue weighted by molar-refractivity contribution is -0.121. The third-order valence-corrected chi connectivity index (χ3v) is 5.98. The Morgan fingerprint density at radius 3 is 2.79 bits per heavy atom. The Hall–Kier alpha value is -2.38. The van der Waals surface area contributed by atoms with E-state index < -0.39 is 6.10 Å². The number of hydrogen-bond donors (Lipinski definition) is 2. The Kier molecular flexibility index (Phi) is 5.37. The Bertz CT molecular complexity index is 837. The zero-order valence-corrected chi connectivity index (χ0v) is 16.4. The van der Waals surface area contributed by atoms with Crippen molar-refractivity contribution in [2.75, 3.05) is 20.2 Å². The molecule has 2 aromatic rings. The Balaban J connectivity index is 1.40. The van der Waals surface area contributed by atoms with Crippen molar-refractivity contribution in [2.45, 2.75) is 38.5 Å². The number of hydrogen-bond acceptors (Lipinski definition) is 5. The smallest absolute Gasteiger partial charge is 0.217 e. The van der Waals surface area contributed by atoms with Gasteiger partial charge >= 0.3 is 0 Å². The van der Waals surface area contributed by atoms with E-state index in [0.29, 0.717) is 11.8 Å². The molecular formula is C21H28N4O3. The number of para-hydroxylation sites is 2. The first-order chi connectivity index (χ1) is 13.5. The van der Waals surface area contributed by atoms with E-state index in [1.54, 1.807) is 7.11 Å². The van der Waals surface area contributed by atoms with Gasteiger partial charge in [-0.1, -0.05) is 12.1 Å². The van der Waals surface area contributed by atoms with Gasteiger partial charge in [-0.2, -0.15) is 5.10 Å². The fourth-order valence-corrected chi connectivity index (χ4v) is 4.72. The highest BCUT2D eigenvalue weighted by Crippen LogP contribution is 2.37. The second-order valence-corrected chi connectivity index (χ2v) is 8.03. The molecule has 1 saturated carbocycles. The third-order valence-electron chi connectivity index (χ3n) is 5.98. The minimum Gasteiger partial charge on any atom is -0.494 e. The minimum absolute atomic E-state index is 0.0684. The second-order valence-electron chi connectivity index (χ2n) is 8.03. The van der Waals surface area contributed by atoms with Crippen molar-refractivity contribution in [3.63, 3.8) is 0 Å². The number of rotatable bonds is 5. The summed E-state index contributed by atoms with van der Waals surface area (Å²) >= 11 is 0. The van der Waals surface area contributed by atoms with Gasteiger partial charge < -0.3 is 15.2 Å². The molecule has 0 unspecified atom stereocenters. The molecule has 2 aliphatic rings. The SMILES string of the molecule is COc1ccccc1-n1cc(CN2C[C@H]3C[C@@H](NC(C)=O)[C@H](O)C[C@H]3C2)cn1. The van der Waals surface area contributed by atoms with Gasteiger partial charge in [0.1, 0.15) is 11.4 Å². The maximum Gasteiger partial charge on any atom is 0.217 e. The van der Waals surface area contributed by atoms with Crippen molar-refractivity contribution >= 4 is 5.91 Å². The van der Waals surface area contributed by atoms with Gasteiger partial charge in [0.25, 0.3) is 0 Å². The van der Waals surface area contributed by atoms with Crippen molar-refractivity contribution in [3.8, 4) is 11.4 Å². The number of carbonyl (C=O) groups excluding carboxylic acids is 1. The summed E-state index contributed by atoms with van der Waals surface area (Å²) in [6, 6.07) is 7.72. The van der Waals surface area contributed by atoms with E-state index in [2.05, 4.69) is 21.5 Å². The molecule has 2 fully saturated rings. The van der Waals surface area contributed by atoms with Crippen LogP contribution in [0.25, 0.3) is 5.69 Å². The van der Waals surface area contributed by atoms with Crippen LogP contribution in [0.3, 0.4) is 0 Å². The molecule has 7 nitrogen and oxygen atoms in total. The number of aliphatic hydroxyl groups excluding tert-OH is 1. The maximum absolute atomic E-state index is 11.4. The number of benzene rings is 1. The Morgan fingerprint density at radius 1 is 1.29 bits per heavy atom. The minimum atomic E-state index is -0.446. The lowest BCUT2D eigenvalue weighted by Gasteiger charge is -2.35. The van der Waals surface area contributed by atoms with Crippen LogP contribution in [0.15, 0.2) is 36.7 Å². The van der Waals surface area contributed by atoms with Crippen LogP contribution in [0.4, 0.5) is 0 Å². The zero-order chi connectivity index (χ0) is 19.7. The zero-order valence-electron chi connectivity index (χ0n) is 16.4. The van der Waals surface area contributed by atoms with Crippen molar-refractivity contribution in [1.82, 2.24) is 20.0 Å². The molecule has 0 spiro atoms. The van der Waals surface area contributed by atoms with Gasteiger partial charge in [0.2, 0.25) is 5.91 Å². The molecule has 1 aliphatic heterocycles. The number of amides is 1. The van der Waals surface area contributed by atoms with Crippen LogP contribution in [0.5, 0.6) is 5.75 Å². The summed E-state index contributed by atoms with van der Waals surface area (Å²) in [7, 11) is 1.66. The second kappa shape index (κ2) is 7.93. The first-order valence-corrected chi connectivity index (χ1v) is 9.88. The van der Waals surface area contributed by atoms with Gasteiger partial charge in [-0.05, 0) is 36.8 Å². The largest absolute Gasteiger partial charge is 0.494 e. The van der Waals surface area contributed by atoms with Crippen molar-refractivity contribution in [3.05, 3.63) is 42.2 Å². The highest BCUT2D eigenvalue weighted by atomic mass is 16.5. The molecule has 1 aromatic carbocycles. The topological polar surface area (TPSA) is 79.6 Å². The van der Waals surface area contributed by atoms with Gasteiger partial charge in [0.05, 0.1) is 25.5 Å². The molecule has 7 heteroatoms. The van der Waals surface area contributed by atoms with Gasteiger partial charge in [-0.15, -0.1) is 0 Å². The predicted octanol–water partition coefficient (Wildman–Crippen LogP) is 1.59. The van der Waals surface area contributed by atoms with E-state index >= 15 is 0 Å². The molecule has 4 rings (SSSR count). The molecule has 1 aliphatic carbocycles. The van der Waals surface area contributed by atoms with Gasteiger partial charge in [-0.3, -0.25) is 9.69 Å². The average molecular weight is 384 g/mol. The number of nitrogens with zero attached hydrogens (tertiary/aromatic N) is 3. The molecule has 0 bridgehead atoms. The number of ether oxygens (including phenoxy) is 1. The normalized spacial score (nSPS) is 27.4. The Morgan fingerprint density at radius 2 is 2.04 bits per heavy atom. The summed E-state index contributed by atoms with van der Waals surface area (Å²) in [4.78, 5) is 13.8. The van der Waals surface area contributed by atoms with E-state index in [-0.39, 0.29) is 11.9 Å². The molecular weight excluding hydrogens is 356 g/mol. The number of aliphatic hydroxyl groups is 1. The Labute approximate surface area is 165 Å². The van der Waals surface area contributed by atoms with E-state index in [1.165, 1.54) is 6.92 Å². The van der Waals surface area contributed by atoms with E-state index in [4.69, 9.17) is 4.74 Å². The molecule has 28 heavy (non-hydrogen) atoms. The molecule has 150 valence electrons. The standard InChI is InChI=1S/C21H28N4O3/c1-14(26)23-18-7-16-12-24(13-17(16)8-20(18)27)10-15-9-22-25(11-15)19-5-3-4-6-21(19)28-2/h3-6,9,11,16-18,20,27H,7-8,10,12-13H2,1-2H3,(H,23,26)/t16-,17+,18-,20-/m1/s1. The quantitative estimate of drug-likeness (QED) is 0.818. The van der Waals surface area contributed by atoms with Crippen LogP contribution in [-0.2, 0) is 11.3 Å². The lowest BCUT2D eigenvalue weighted by Crippen LogP contribution is -2.48. The van der Waals surface area contributed by atoms with Crippen LogP contribution in [0.2, 0.25) is 0 Å². The van der Waals surface area contributed by atoms with Gasteiger partial charge in [0.15, 0.2) is 0 Å². The molecule has 1 saturated heterocycles. The van der Waals surface area contributed by atoms with Crippen LogP contribution in [0.1, 0.15) is 25.3 Å². The highest BCUT2D eigenvalue weighted by Gasteiger charge is 2.41. The van der Waals surface area contributed by atoms with Crippen molar-refractivity contribution in [1.29, 1.82) is 0 Å². The van der Waals surface area contributed by atoms with Crippen LogP contribution < -0.4 is 10.1 Å². The fraction of sp³-hybridized carbons (Fsp3) is 0.524. The first kappa shape index (κ1) is 19.0. The summed E-state index contributed by atoms with van der Waals surface area (Å²) in [5, 5.41) is 17.8. The molecule has 2 heterocycles. The molecule has 1 aromatic heterocycles. The number of likely N-dealkylation sites (tertiary alicyclic amines) is 1. The maximum atomic E-state index is 11.4. The van der Waals surface area contributed by atoms with Crippen molar-refractivity contribution in [2.24, 2.45) is 11.8 Å². The van der Waals surface area contributed by atoms with Gasteiger partial charge in [0, 0.05) is 38.3 Å². The van der Waals surface area contributed by atoms with Gasteiger partial charge in [-0.25, -0.2) is 4.68 Å². The van der Waals surface area contributed by atoms with Crippen LogP contribution in [0, 0.1) is 11.8 Å². The van der Waals surface area contributed by atoms with E-state index in [1.807, 2.05) is 35.1 Å². The van der Waals surface area contributed by atoms with Crippen LogP contribution >= 0.6 is 0 Å². The summed E-state index contributed by atoms with van der Waals surface area (Å²) in [5.74, 6) is 1.73. The summed E-state index contributed by atoms with van der Waals surface area (Å²) in [6.45, 7) is 4.32. The van der Waals surface area contributed by atoms with Crippen LogP contribution in [-0.4, -0.2) is 58.0 Å². The van der Waals surface area contributed by atoms with E-state index in [0.717, 1.165) is 49.5 Å². The predicted molar refractivity (Wildman–Crippen MR) is 105 cm³/mol. The summed E-state index contributed by atoms with van der Waals surface area (Å²) in [5.41, 5.74) is 2.08. The average Bonchev–Trinajstić information content (AvgIpc) is 3.28. The molecule has 2 N–H and O–H groups in total. The molecule has 1 amide bonds. The monoisotopic (exact) mass is 384 g/mol. The molecule has 4 atom stereocenters. The third kappa shape index (κ3) is 3.91. The molecule has 0 radical (unpaired) electrons. The number of methoxy groups -OCH3 is 1. The highest BCUT2D eigenvalue weighted by molar-refractivity contribution is 5.73. The number of carbonyl (C=O) groups is 1.